The number of hydrogen-bond acceptors (Lipinski definition) is 7. The van der Waals surface area contributed by atoms with Crippen molar-refractivity contribution >= 4 is 17.3 Å². The van der Waals surface area contributed by atoms with Crippen molar-refractivity contribution in [2.45, 2.75) is 13.5 Å². The zero-order valence-corrected chi connectivity index (χ0v) is 15.9. The van der Waals surface area contributed by atoms with E-state index < -0.39 is 10.9 Å². The minimum absolute atomic E-state index is 0.00819. The molecule has 0 saturated carbocycles. The molecule has 27 heavy (non-hydrogen) atoms. The van der Waals surface area contributed by atoms with Crippen LogP contribution < -0.4 is 14.4 Å². The van der Waals surface area contributed by atoms with Gasteiger partial charge in [0.05, 0.1) is 24.7 Å². The highest BCUT2D eigenvalue weighted by Crippen LogP contribution is 2.31. The smallest absolute Gasteiger partial charge is 0.338 e. The predicted octanol–water partition coefficient (Wildman–Crippen LogP) is 3.34. The molecule has 0 bridgehead atoms. The fourth-order valence-electron chi connectivity index (χ4n) is 2.58. The highest BCUT2D eigenvalue weighted by molar-refractivity contribution is 5.91. The number of carbonyl (C=O) groups is 1. The number of aryl methyl sites for hydroxylation is 1. The number of rotatable bonds is 7. The maximum atomic E-state index is 12.3. The van der Waals surface area contributed by atoms with Crippen molar-refractivity contribution in [3.05, 3.63) is 57.1 Å². The summed E-state index contributed by atoms with van der Waals surface area (Å²) < 4.78 is 15.8. The van der Waals surface area contributed by atoms with Crippen molar-refractivity contribution in [3.8, 4) is 11.5 Å². The number of esters is 1. The van der Waals surface area contributed by atoms with Crippen molar-refractivity contribution in [1.29, 1.82) is 0 Å². The van der Waals surface area contributed by atoms with Gasteiger partial charge in [0, 0.05) is 20.2 Å². The van der Waals surface area contributed by atoms with Gasteiger partial charge in [-0.2, -0.15) is 0 Å². The number of hydrogen-bond donors (Lipinski definition) is 0. The summed E-state index contributed by atoms with van der Waals surface area (Å²) in [5.41, 5.74) is 1.99. The topological polar surface area (TPSA) is 91.1 Å². The third-order valence-electron chi connectivity index (χ3n) is 4.09. The summed E-state index contributed by atoms with van der Waals surface area (Å²) in [4.78, 5) is 24.7. The van der Waals surface area contributed by atoms with E-state index in [1.165, 1.54) is 25.3 Å². The van der Waals surface area contributed by atoms with Crippen LogP contribution in [0.3, 0.4) is 0 Å². The second-order valence-electron chi connectivity index (χ2n) is 6.06. The number of anilines is 1. The molecule has 0 N–H and O–H groups in total. The Morgan fingerprint density at radius 2 is 1.74 bits per heavy atom. The molecule has 8 nitrogen and oxygen atoms in total. The first-order chi connectivity index (χ1) is 12.8. The van der Waals surface area contributed by atoms with Gasteiger partial charge < -0.3 is 19.1 Å². The molecule has 0 aromatic heterocycles. The van der Waals surface area contributed by atoms with Gasteiger partial charge in [0.1, 0.15) is 12.3 Å². The molecule has 2 rings (SSSR count). The van der Waals surface area contributed by atoms with Crippen LogP contribution in [0, 0.1) is 17.0 Å². The summed E-state index contributed by atoms with van der Waals surface area (Å²) >= 11 is 0. The van der Waals surface area contributed by atoms with Crippen molar-refractivity contribution < 1.29 is 23.9 Å². The van der Waals surface area contributed by atoms with Crippen LogP contribution in [-0.4, -0.2) is 39.2 Å². The van der Waals surface area contributed by atoms with Crippen LogP contribution >= 0.6 is 0 Å². The van der Waals surface area contributed by atoms with Crippen LogP contribution in [0.4, 0.5) is 11.4 Å². The fourth-order valence-corrected chi connectivity index (χ4v) is 2.58. The summed E-state index contributed by atoms with van der Waals surface area (Å²) in [6, 6.07) is 7.78. The van der Waals surface area contributed by atoms with Crippen molar-refractivity contribution in [2.75, 3.05) is 33.2 Å². The SMILES string of the molecule is COc1cc(C)c(COC(=O)c2ccc(N(C)C)c([N+](=O)[O-])c2)cc1OC. The van der Waals surface area contributed by atoms with E-state index in [4.69, 9.17) is 14.2 Å². The molecule has 0 unspecified atom stereocenters. The zero-order chi connectivity index (χ0) is 20.1. The molecule has 8 heteroatoms. The molecule has 144 valence electrons. The summed E-state index contributed by atoms with van der Waals surface area (Å²) in [5.74, 6) is 0.470. The third-order valence-corrected chi connectivity index (χ3v) is 4.09. The number of benzene rings is 2. The average Bonchev–Trinajstić information content (AvgIpc) is 2.65. The monoisotopic (exact) mass is 374 g/mol. The van der Waals surface area contributed by atoms with Crippen molar-refractivity contribution in [2.24, 2.45) is 0 Å². The minimum Gasteiger partial charge on any atom is -0.493 e. The number of nitrogens with zero attached hydrogens (tertiary/aromatic N) is 2. The maximum absolute atomic E-state index is 12.3. The van der Waals surface area contributed by atoms with Crippen LogP contribution in [0.1, 0.15) is 21.5 Å². The van der Waals surface area contributed by atoms with Gasteiger partial charge >= 0.3 is 5.97 Å². The number of nitro groups is 1. The Morgan fingerprint density at radius 3 is 2.30 bits per heavy atom. The lowest BCUT2D eigenvalue weighted by atomic mass is 10.1. The van der Waals surface area contributed by atoms with Crippen molar-refractivity contribution in [1.82, 2.24) is 0 Å². The Balaban J connectivity index is 2.21. The summed E-state index contributed by atoms with van der Waals surface area (Å²) in [5, 5.41) is 11.3. The van der Waals surface area contributed by atoms with E-state index in [2.05, 4.69) is 0 Å². The fraction of sp³-hybridized carbons (Fsp3) is 0.316. The van der Waals surface area contributed by atoms with E-state index in [0.717, 1.165) is 11.1 Å². The van der Waals surface area contributed by atoms with E-state index >= 15 is 0 Å². The molecule has 2 aromatic carbocycles. The van der Waals surface area contributed by atoms with E-state index in [1.54, 1.807) is 38.2 Å². The highest BCUT2D eigenvalue weighted by atomic mass is 16.6. The molecule has 0 aliphatic rings. The van der Waals surface area contributed by atoms with Gasteiger partial charge in [-0.3, -0.25) is 10.1 Å². The number of ether oxygens (including phenoxy) is 3. The van der Waals surface area contributed by atoms with E-state index in [9.17, 15) is 14.9 Å². The summed E-state index contributed by atoms with van der Waals surface area (Å²) in [6.07, 6.45) is 0. The first kappa shape index (κ1) is 20.0. The van der Waals surface area contributed by atoms with Gasteiger partial charge in [0.2, 0.25) is 0 Å². The average molecular weight is 374 g/mol. The Kier molecular flexibility index (Phi) is 6.23. The van der Waals surface area contributed by atoms with Crippen LogP contribution in [0.25, 0.3) is 0 Å². The Morgan fingerprint density at radius 1 is 1.11 bits per heavy atom. The van der Waals surface area contributed by atoms with Gasteiger partial charge in [0.15, 0.2) is 11.5 Å². The molecule has 0 saturated heterocycles. The van der Waals surface area contributed by atoms with Gasteiger partial charge in [-0.1, -0.05) is 0 Å². The second kappa shape index (κ2) is 8.39. The molecule has 0 aliphatic carbocycles. The standard InChI is InChI=1S/C19H22N2O6/c1-12-8-17(25-4)18(26-5)10-14(12)11-27-19(22)13-6-7-15(20(2)3)16(9-13)21(23)24/h6-10H,11H2,1-5H3. The Labute approximate surface area is 157 Å². The van der Waals surface area contributed by atoms with Crippen LogP contribution in [-0.2, 0) is 11.3 Å². The van der Waals surface area contributed by atoms with Gasteiger partial charge in [0.25, 0.3) is 5.69 Å². The van der Waals surface area contributed by atoms with Crippen LogP contribution in [0.2, 0.25) is 0 Å². The molecule has 0 radical (unpaired) electrons. The third kappa shape index (κ3) is 4.46. The Bertz CT molecular complexity index is 864. The lowest BCUT2D eigenvalue weighted by Crippen LogP contribution is -2.12. The maximum Gasteiger partial charge on any atom is 0.338 e. The van der Waals surface area contributed by atoms with E-state index in [0.29, 0.717) is 17.2 Å². The molecular formula is C19H22N2O6. The zero-order valence-electron chi connectivity index (χ0n) is 15.9. The summed E-state index contributed by atoms with van der Waals surface area (Å²) in [6.45, 7) is 1.87. The number of nitro benzene ring substituents is 1. The number of carbonyl (C=O) groups excluding carboxylic acids is 1. The van der Waals surface area contributed by atoms with E-state index in [1.807, 2.05) is 6.92 Å². The quantitative estimate of drug-likeness (QED) is 0.417. The molecule has 0 fully saturated rings. The van der Waals surface area contributed by atoms with Gasteiger partial charge in [-0.05, 0) is 42.3 Å². The first-order valence-electron chi connectivity index (χ1n) is 8.12. The minimum atomic E-state index is -0.641. The molecule has 2 aromatic rings. The normalized spacial score (nSPS) is 10.3. The van der Waals surface area contributed by atoms with Crippen LogP contribution in [0.15, 0.2) is 30.3 Å². The number of methoxy groups -OCH3 is 2. The molecule has 0 amide bonds. The lowest BCUT2D eigenvalue weighted by Gasteiger charge is -2.14. The first-order valence-corrected chi connectivity index (χ1v) is 8.12. The van der Waals surface area contributed by atoms with E-state index in [-0.39, 0.29) is 17.9 Å². The van der Waals surface area contributed by atoms with Gasteiger partial charge in [-0.15, -0.1) is 0 Å². The molecule has 0 atom stereocenters. The van der Waals surface area contributed by atoms with Gasteiger partial charge in [-0.25, -0.2) is 4.79 Å². The predicted molar refractivity (Wildman–Crippen MR) is 101 cm³/mol. The molecule has 0 aliphatic heterocycles. The van der Waals surface area contributed by atoms with Crippen LogP contribution in [0.5, 0.6) is 11.5 Å². The molecule has 0 spiro atoms. The largest absolute Gasteiger partial charge is 0.493 e. The Hall–Kier alpha value is -3.29. The summed E-state index contributed by atoms with van der Waals surface area (Å²) in [7, 11) is 6.45. The van der Waals surface area contributed by atoms with Crippen molar-refractivity contribution in [3.63, 3.8) is 0 Å². The highest BCUT2D eigenvalue weighted by Gasteiger charge is 2.20. The molecule has 0 heterocycles. The molecular weight excluding hydrogens is 352 g/mol. The lowest BCUT2D eigenvalue weighted by molar-refractivity contribution is -0.384. The second-order valence-corrected chi connectivity index (χ2v) is 6.06.